The molecule has 144 valence electrons. The Morgan fingerprint density at radius 3 is 2.42 bits per heavy atom. The number of amides is 1. The van der Waals surface area contributed by atoms with Crippen molar-refractivity contribution in [2.75, 3.05) is 19.6 Å². The number of hydrogen-bond donors (Lipinski definition) is 2. The summed E-state index contributed by atoms with van der Waals surface area (Å²) in [6.07, 6.45) is 1.99. The first-order valence-electron chi connectivity index (χ1n) is 9.01. The predicted octanol–water partition coefficient (Wildman–Crippen LogP) is 1.79. The van der Waals surface area contributed by atoms with Crippen LogP contribution in [0, 0.1) is 5.41 Å². The minimum Gasteiger partial charge on any atom is -0.356 e. The monoisotopic (exact) mass is 380 g/mol. The highest BCUT2D eigenvalue weighted by Crippen LogP contribution is 2.22. The molecule has 1 saturated heterocycles. The first-order chi connectivity index (χ1) is 12.3. The number of carbonyl (C=O) groups excluding carboxylic acids is 1. The van der Waals surface area contributed by atoms with Gasteiger partial charge in [0.1, 0.15) is 0 Å². The van der Waals surface area contributed by atoms with E-state index in [1.54, 1.807) is 29.2 Å². The summed E-state index contributed by atoms with van der Waals surface area (Å²) in [5.41, 5.74) is 0.959. The highest BCUT2D eigenvalue weighted by Gasteiger charge is 2.36. The summed E-state index contributed by atoms with van der Waals surface area (Å²) in [4.78, 5) is 13.4. The lowest BCUT2D eigenvalue weighted by molar-refractivity contribution is -0.121. The first kappa shape index (κ1) is 20.2. The molecule has 0 radical (unpaired) electrons. The van der Waals surface area contributed by atoms with Crippen molar-refractivity contribution in [2.24, 2.45) is 0 Å². The van der Waals surface area contributed by atoms with Crippen molar-refractivity contribution < 1.29 is 13.2 Å². The number of hydrogen-bond acceptors (Lipinski definition) is 4. The molecule has 0 unspecified atom stereocenters. The fraction of sp³-hybridized carbons (Fsp3) is 0.556. The average Bonchev–Trinajstić information content (AvgIpc) is 2.98. The Hall–Kier alpha value is -2.09. The third-order valence-corrected chi connectivity index (χ3v) is 6.20. The Morgan fingerprint density at radius 1 is 1.23 bits per heavy atom. The van der Waals surface area contributed by atoms with Crippen molar-refractivity contribution in [1.82, 2.24) is 14.5 Å². The second-order valence-electron chi connectivity index (χ2n) is 6.68. The van der Waals surface area contributed by atoms with Gasteiger partial charge in [0.15, 0.2) is 0 Å². The zero-order valence-electron chi connectivity index (χ0n) is 15.7. The van der Waals surface area contributed by atoms with Crippen molar-refractivity contribution in [2.45, 2.75) is 51.0 Å². The maximum Gasteiger partial charge on any atom is 0.266 e. The van der Waals surface area contributed by atoms with Gasteiger partial charge in [-0.1, -0.05) is 19.1 Å². The molecule has 2 N–H and O–H groups in total. The van der Waals surface area contributed by atoms with Crippen LogP contribution in [0.2, 0.25) is 0 Å². The summed E-state index contributed by atoms with van der Waals surface area (Å²) in [7, 11) is -3.71. The molecule has 0 bridgehead atoms. The predicted molar refractivity (Wildman–Crippen MR) is 102 cm³/mol. The van der Waals surface area contributed by atoms with Gasteiger partial charge in [0.05, 0.1) is 11.4 Å². The number of nitrogens with zero attached hydrogens (tertiary/aromatic N) is 2. The lowest BCUT2D eigenvalue weighted by atomic mass is 10.1. The second-order valence-corrected chi connectivity index (χ2v) is 8.54. The van der Waals surface area contributed by atoms with Crippen LogP contribution in [-0.2, 0) is 21.2 Å². The Balaban J connectivity index is 2.01. The first-order valence-corrected chi connectivity index (χ1v) is 10.4. The molecule has 2 rings (SSSR count). The smallest absolute Gasteiger partial charge is 0.266 e. The molecule has 0 aromatic heterocycles. The zero-order valence-corrected chi connectivity index (χ0v) is 16.5. The van der Waals surface area contributed by atoms with E-state index in [4.69, 9.17) is 5.41 Å². The lowest BCUT2D eigenvalue weighted by Gasteiger charge is -2.24. The summed E-state index contributed by atoms with van der Waals surface area (Å²) >= 11 is 0. The van der Waals surface area contributed by atoms with Gasteiger partial charge in [-0.15, -0.1) is 0 Å². The van der Waals surface area contributed by atoms with Crippen molar-refractivity contribution in [3.05, 3.63) is 29.8 Å². The van der Waals surface area contributed by atoms with E-state index >= 15 is 0 Å². The maximum absolute atomic E-state index is 12.8. The van der Waals surface area contributed by atoms with Gasteiger partial charge in [-0.25, -0.2) is 12.7 Å². The van der Waals surface area contributed by atoms with E-state index in [9.17, 15) is 13.2 Å². The molecule has 0 aliphatic carbocycles. The largest absolute Gasteiger partial charge is 0.356 e. The van der Waals surface area contributed by atoms with Crippen molar-refractivity contribution in [3.8, 4) is 0 Å². The van der Waals surface area contributed by atoms with E-state index in [0.29, 0.717) is 32.5 Å². The van der Waals surface area contributed by atoms with Gasteiger partial charge in [-0.05, 0) is 44.4 Å². The Kier molecular flexibility index (Phi) is 6.63. The summed E-state index contributed by atoms with van der Waals surface area (Å²) in [5, 5.41) is 11.0. The number of nitrogens with one attached hydrogen (secondary N) is 2. The van der Waals surface area contributed by atoms with E-state index in [0.717, 1.165) is 16.3 Å². The minimum absolute atomic E-state index is 0.0303. The third-order valence-electron chi connectivity index (χ3n) is 4.40. The highest BCUT2D eigenvalue weighted by atomic mass is 32.2. The molecular weight excluding hydrogens is 352 g/mol. The zero-order chi connectivity index (χ0) is 19.3. The molecule has 26 heavy (non-hydrogen) atoms. The number of carbonyl (C=O) groups is 1. The lowest BCUT2D eigenvalue weighted by Crippen LogP contribution is -2.39. The van der Waals surface area contributed by atoms with Gasteiger partial charge in [0.25, 0.3) is 10.0 Å². The van der Waals surface area contributed by atoms with Crippen molar-refractivity contribution in [1.29, 1.82) is 5.41 Å². The SMILES string of the molecule is CCCC(=O)NCCc1ccc(S(=O)(=O)N2CCN(C(C)C)C2=N)cc1. The van der Waals surface area contributed by atoms with Crippen LogP contribution < -0.4 is 5.32 Å². The quantitative estimate of drug-likeness (QED) is 0.719. The van der Waals surface area contributed by atoms with Gasteiger partial charge < -0.3 is 10.2 Å². The Labute approximate surface area is 155 Å². The second kappa shape index (κ2) is 8.53. The molecule has 1 aliphatic rings. The molecule has 0 atom stereocenters. The van der Waals surface area contributed by atoms with Crippen LogP contribution in [0.25, 0.3) is 0 Å². The summed E-state index contributed by atoms with van der Waals surface area (Å²) in [5.74, 6) is 0.0664. The molecule has 1 aliphatic heterocycles. The highest BCUT2D eigenvalue weighted by molar-refractivity contribution is 7.89. The number of rotatable bonds is 8. The van der Waals surface area contributed by atoms with E-state index in [1.165, 1.54) is 0 Å². The van der Waals surface area contributed by atoms with E-state index in [1.807, 2.05) is 20.8 Å². The van der Waals surface area contributed by atoms with Gasteiger partial charge in [-0.2, -0.15) is 0 Å². The van der Waals surface area contributed by atoms with E-state index in [-0.39, 0.29) is 22.8 Å². The fourth-order valence-electron chi connectivity index (χ4n) is 2.91. The summed E-state index contributed by atoms with van der Waals surface area (Å²) in [6.45, 7) is 7.21. The molecule has 8 heteroatoms. The van der Waals surface area contributed by atoms with Gasteiger partial charge >= 0.3 is 0 Å². The standard InChI is InChI=1S/C18H28N4O3S/c1-4-5-17(23)20-11-10-15-6-8-16(9-7-15)26(24,25)22-13-12-21(14(2)3)18(22)19/h6-9,14,19H,4-5,10-13H2,1-3H3,(H,20,23). The average molecular weight is 381 g/mol. The number of benzene rings is 1. The van der Waals surface area contributed by atoms with Crippen LogP contribution in [0.5, 0.6) is 0 Å². The Bertz CT molecular complexity index is 744. The van der Waals surface area contributed by atoms with Crippen LogP contribution in [0.3, 0.4) is 0 Å². The number of guanidine groups is 1. The summed E-state index contributed by atoms with van der Waals surface area (Å²) < 4.78 is 26.8. The molecule has 1 fully saturated rings. The van der Waals surface area contributed by atoms with Crippen molar-refractivity contribution >= 4 is 21.9 Å². The van der Waals surface area contributed by atoms with Gasteiger partial charge in [0.2, 0.25) is 11.9 Å². The molecule has 7 nitrogen and oxygen atoms in total. The molecule has 1 heterocycles. The van der Waals surface area contributed by atoms with E-state index < -0.39 is 10.0 Å². The maximum atomic E-state index is 12.8. The Morgan fingerprint density at radius 2 is 1.88 bits per heavy atom. The molecule has 0 saturated carbocycles. The molecule has 1 amide bonds. The van der Waals surface area contributed by atoms with Gasteiger partial charge in [-0.3, -0.25) is 10.2 Å². The molecular formula is C18H28N4O3S. The van der Waals surface area contributed by atoms with Crippen molar-refractivity contribution in [3.63, 3.8) is 0 Å². The fourth-order valence-corrected chi connectivity index (χ4v) is 4.30. The molecule has 0 spiro atoms. The van der Waals surface area contributed by atoms with Crippen LogP contribution in [0.15, 0.2) is 29.2 Å². The number of sulfonamides is 1. The van der Waals surface area contributed by atoms with Gasteiger partial charge in [0, 0.05) is 25.6 Å². The van der Waals surface area contributed by atoms with Crippen LogP contribution in [0.1, 0.15) is 39.2 Å². The van der Waals surface area contributed by atoms with Crippen LogP contribution in [-0.4, -0.2) is 55.2 Å². The summed E-state index contributed by atoms with van der Waals surface area (Å²) in [6, 6.07) is 6.76. The van der Waals surface area contributed by atoms with E-state index in [2.05, 4.69) is 5.32 Å². The topological polar surface area (TPSA) is 93.6 Å². The third kappa shape index (κ3) is 4.55. The molecule has 1 aromatic carbocycles. The van der Waals surface area contributed by atoms with Crippen LogP contribution >= 0.6 is 0 Å². The minimum atomic E-state index is -3.71. The molecule has 1 aromatic rings. The van der Waals surface area contributed by atoms with Crippen LogP contribution in [0.4, 0.5) is 0 Å². The normalized spacial score (nSPS) is 15.0.